The molecule has 1 fully saturated rings. The van der Waals surface area contributed by atoms with Gasteiger partial charge in [0.2, 0.25) is 0 Å². The number of aryl methyl sites for hydroxylation is 1. The van der Waals surface area contributed by atoms with Crippen molar-refractivity contribution in [1.29, 1.82) is 0 Å². The number of benzene rings is 1. The number of hydrogen-bond donors (Lipinski definition) is 1. The molecule has 132 valence electrons. The van der Waals surface area contributed by atoms with Gasteiger partial charge in [0.05, 0.1) is 6.10 Å². The fourth-order valence-electron chi connectivity index (χ4n) is 3.17. The topological polar surface area (TPSA) is 62.4 Å². The minimum atomic E-state index is -0.361. The van der Waals surface area contributed by atoms with Crippen LogP contribution in [0.25, 0.3) is 11.3 Å². The number of ether oxygens (including phenoxy) is 1. The summed E-state index contributed by atoms with van der Waals surface area (Å²) in [4.78, 5) is 29.4. The van der Waals surface area contributed by atoms with Crippen LogP contribution in [-0.4, -0.2) is 42.1 Å². The van der Waals surface area contributed by atoms with Crippen molar-refractivity contribution >= 4 is 5.91 Å². The van der Waals surface area contributed by atoms with Gasteiger partial charge in [0.25, 0.3) is 11.5 Å². The van der Waals surface area contributed by atoms with Crippen molar-refractivity contribution < 1.29 is 9.53 Å². The van der Waals surface area contributed by atoms with Gasteiger partial charge in [-0.15, -0.1) is 0 Å². The third-order valence-corrected chi connectivity index (χ3v) is 4.57. The van der Waals surface area contributed by atoms with Crippen LogP contribution in [0, 0.1) is 6.92 Å². The summed E-state index contributed by atoms with van der Waals surface area (Å²) in [5.41, 5.74) is 2.56. The number of amides is 1. The first-order chi connectivity index (χ1) is 12.0. The Morgan fingerprint density at radius 1 is 1.28 bits per heavy atom. The molecule has 1 aliphatic rings. The second-order valence-corrected chi connectivity index (χ2v) is 6.66. The van der Waals surface area contributed by atoms with Crippen LogP contribution in [-0.2, 0) is 4.74 Å². The van der Waals surface area contributed by atoms with Crippen LogP contribution in [0.4, 0.5) is 0 Å². The van der Waals surface area contributed by atoms with Gasteiger partial charge in [0.15, 0.2) is 0 Å². The molecule has 0 spiro atoms. The van der Waals surface area contributed by atoms with Crippen molar-refractivity contribution in [2.45, 2.75) is 32.3 Å². The first kappa shape index (κ1) is 17.4. The molecule has 1 saturated heterocycles. The predicted octanol–water partition coefficient (Wildman–Crippen LogP) is 2.99. The van der Waals surface area contributed by atoms with E-state index < -0.39 is 0 Å². The summed E-state index contributed by atoms with van der Waals surface area (Å²) < 4.78 is 5.67. The highest BCUT2D eigenvalue weighted by Crippen LogP contribution is 2.18. The van der Waals surface area contributed by atoms with Crippen molar-refractivity contribution in [1.82, 2.24) is 9.88 Å². The maximum atomic E-state index is 12.6. The summed E-state index contributed by atoms with van der Waals surface area (Å²) in [5.74, 6) is -0.272. The molecule has 0 saturated carbocycles. The molecule has 1 amide bonds. The van der Waals surface area contributed by atoms with Crippen LogP contribution in [0.2, 0.25) is 0 Å². The van der Waals surface area contributed by atoms with E-state index in [4.69, 9.17) is 4.74 Å². The molecular formula is C20H24N2O3. The third kappa shape index (κ3) is 4.17. The van der Waals surface area contributed by atoms with Gasteiger partial charge in [-0.1, -0.05) is 23.8 Å². The van der Waals surface area contributed by atoms with Crippen LogP contribution in [0.1, 0.15) is 35.2 Å². The summed E-state index contributed by atoms with van der Waals surface area (Å²) in [5, 5.41) is 0. The number of nitrogens with zero attached hydrogens (tertiary/aromatic N) is 1. The Hall–Kier alpha value is -2.40. The highest BCUT2D eigenvalue weighted by atomic mass is 16.5. The number of likely N-dealkylation sites (N-methyl/N-ethyl adjacent to an activating group) is 1. The van der Waals surface area contributed by atoms with E-state index in [0.717, 1.165) is 37.0 Å². The molecule has 2 heterocycles. The fraction of sp³-hybridized carbons (Fsp3) is 0.400. The van der Waals surface area contributed by atoms with Crippen molar-refractivity contribution in [2.75, 3.05) is 20.2 Å². The lowest BCUT2D eigenvalue weighted by molar-refractivity contribution is -0.000220. The molecule has 1 aliphatic heterocycles. The summed E-state index contributed by atoms with van der Waals surface area (Å²) in [7, 11) is 1.72. The number of carbonyl (C=O) groups is 1. The number of carbonyl (C=O) groups excluding carboxylic acids is 1. The first-order valence-corrected chi connectivity index (χ1v) is 8.72. The molecule has 5 nitrogen and oxygen atoms in total. The Kier molecular flexibility index (Phi) is 5.34. The minimum Gasteiger partial charge on any atom is -0.376 e. The van der Waals surface area contributed by atoms with Gasteiger partial charge in [0.1, 0.15) is 5.56 Å². The molecule has 2 aromatic rings. The minimum absolute atomic E-state index is 0.0633. The highest BCUT2D eigenvalue weighted by Gasteiger charge is 2.21. The molecule has 0 aliphatic carbocycles. The number of aromatic amines is 1. The quantitative estimate of drug-likeness (QED) is 0.931. The van der Waals surface area contributed by atoms with Crippen molar-refractivity contribution in [3.8, 4) is 11.3 Å². The van der Waals surface area contributed by atoms with E-state index in [1.807, 2.05) is 31.2 Å². The van der Waals surface area contributed by atoms with E-state index in [1.165, 1.54) is 0 Å². The van der Waals surface area contributed by atoms with E-state index in [-0.39, 0.29) is 23.1 Å². The number of hydrogen-bond acceptors (Lipinski definition) is 3. The molecule has 3 rings (SSSR count). The SMILES string of the molecule is Cc1cccc(-c2ccc(C(=O)N(C)CC3CCCCO3)c(=O)[nH]2)c1. The number of nitrogens with one attached hydrogen (secondary N) is 1. The molecule has 1 N–H and O–H groups in total. The van der Waals surface area contributed by atoms with E-state index >= 15 is 0 Å². The molecule has 0 radical (unpaired) electrons. The molecule has 25 heavy (non-hydrogen) atoms. The largest absolute Gasteiger partial charge is 0.376 e. The van der Waals surface area contributed by atoms with E-state index in [9.17, 15) is 9.59 Å². The lowest BCUT2D eigenvalue weighted by Gasteiger charge is -2.27. The van der Waals surface area contributed by atoms with Gasteiger partial charge in [-0.25, -0.2) is 0 Å². The van der Waals surface area contributed by atoms with Crippen molar-refractivity contribution in [3.63, 3.8) is 0 Å². The monoisotopic (exact) mass is 340 g/mol. The molecule has 5 heteroatoms. The van der Waals surface area contributed by atoms with Crippen LogP contribution < -0.4 is 5.56 Å². The maximum absolute atomic E-state index is 12.6. The first-order valence-electron chi connectivity index (χ1n) is 8.72. The Morgan fingerprint density at radius 2 is 2.12 bits per heavy atom. The zero-order valence-corrected chi connectivity index (χ0v) is 14.7. The van der Waals surface area contributed by atoms with Crippen LogP contribution in [0.5, 0.6) is 0 Å². The van der Waals surface area contributed by atoms with Gasteiger partial charge in [-0.05, 0) is 49.9 Å². The van der Waals surface area contributed by atoms with Gasteiger partial charge in [-0.2, -0.15) is 0 Å². The lowest BCUT2D eigenvalue weighted by atomic mass is 10.1. The Balaban J connectivity index is 1.75. The van der Waals surface area contributed by atoms with Gasteiger partial charge in [-0.3, -0.25) is 9.59 Å². The average Bonchev–Trinajstić information content (AvgIpc) is 2.62. The van der Waals surface area contributed by atoms with Gasteiger partial charge < -0.3 is 14.6 Å². The number of pyridine rings is 1. The van der Waals surface area contributed by atoms with Gasteiger partial charge in [0, 0.05) is 25.9 Å². The van der Waals surface area contributed by atoms with Crippen LogP contribution >= 0.6 is 0 Å². The predicted molar refractivity (Wildman–Crippen MR) is 97.8 cm³/mol. The van der Waals surface area contributed by atoms with Crippen LogP contribution in [0.15, 0.2) is 41.2 Å². The second-order valence-electron chi connectivity index (χ2n) is 6.66. The average molecular weight is 340 g/mol. The summed E-state index contributed by atoms with van der Waals surface area (Å²) in [6.07, 6.45) is 3.22. The standard InChI is InChI=1S/C20H24N2O3/c1-14-6-5-7-15(12-14)18-10-9-17(19(23)21-18)20(24)22(2)13-16-8-3-4-11-25-16/h5-7,9-10,12,16H,3-4,8,11,13H2,1-2H3,(H,21,23). The van der Waals surface area contributed by atoms with Crippen LogP contribution in [0.3, 0.4) is 0 Å². The van der Waals surface area contributed by atoms with Crippen molar-refractivity contribution in [2.24, 2.45) is 0 Å². The highest BCUT2D eigenvalue weighted by molar-refractivity contribution is 5.94. The molecular weight excluding hydrogens is 316 g/mol. The van der Waals surface area contributed by atoms with E-state index in [2.05, 4.69) is 4.98 Å². The number of rotatable bonds is 4. The summed E-state index contributed by atoms with van der Waals surface area (Å²) in [6.45, 7) is 3.26. The zero-order valence-electron chi connectivity index (χ0n) is 14.7. The summed E-state index contributed by atoms with van der Waals surface area (Å²) >= 11 is 0. The molecule has 0 bridgehead atoms. The lowest BCUT2D eigenvalue weighted by Crippen LogP contribution is -2.39. The second kappa shape index (κ2) is 7.66. The molecule has 1 unspecified atom stereocenters. The van der Waals surface area contributed by atoms with Gasteiger partial charge >= 0.3 is 0 Å². The van der Waals surface area contributed by atoms with E-state index in [0.29, 0.717) is 12.2 Å². The summed E-state index contributed by atoms with van der Waals surface area (Å²) in [6, 6.07) is 11.3. The Morgan fingerprint density at radius 3 is 2.80 bits per heavy atom. The molecule has 1 atom stereocenters. The van der Waals surface area contributed by atoms with Crippen molar-refractivity contribution in [3.05, 3.63) is 57.9 Å². The smallest absolute Gasteiger partial charge is 0.261 e. The normalized spacial score (nSPS) is 17.3. The molecule has 1 aromatic heterocycles. The number of H-pyrrole nitrogens is 1. The zero-order chi connectivity index (χ0) is 17.8. The Bertz CT molecular complexity index is 807. The third-order valence-electron chi connectivity index (χ3n) is 4.57. The molecule has 1 aromatic carbocycles. The number of aromatic nitrogens is 1. The fourth-order valence-corrected chi connectivity index (χ4v) is 3.17. The van der Waals surface area contributed by atoms with E-state index in [1.54, 1.807) is 24.1 Å². The Labute approximate surface area is 147 Å². The maximum Gasteiger partial charge on any atom is 0.261 e.